The van der Waals surface area contributed by atoms with Crippen LogP contribution >= 0.6 is 0 Å². The Morgan fingerprint density at radius 1 is 0.972 bits per heavy atom. The van der Waals surface area contributed by atoms with Gasteiger partial charge in [-0.05, 0) is 42.7 Å². The molecular weight excluding hydrogens is 460 g/mol. The molecule has 0 atom stereocenters. The fourth-order valence-electron chi connectivity index (χ4n) is 4.10. The molecule has 10 heteroatoms. The quantitative estimate of drug-likeness (QED) is 0.480. The molecule has 0 aliphatic carbocycles. The number of rotatable bonds is 8. The summed E-state index contributed by atoms with van der Waals surface area (Å²) < 4.78 is 6.92. The zero-order valence-corrected chi connectivity index (χ0v) is 20.5. The van der Waals surface area contributed by atoms with Gasteiger partial charge in [-0.25, -0.2) is 14.5 Å². The van der Waals surface area contributed by atoms with Crippen LogP contribution in [0.2, 0.25) is 0 Å². The lowest BCUT2D eigenvalue weighted by molar-refractivity contribution is -0.136. The molecule has 1 N–H and O–H groups in total. The number of ether oxygens (including phenoxy) is 1. The molecule has 1 aliphatic rings. The van der Waals surface area contributed by atoms with E-state index in [9.17, 15) is 14.4 Å². The van der Waals surface area contributed by atoms with E-state index in [1.54, 1.807) is 28.0 Å². The first-order valence-electron chi connectivity index (χ1n) is 11.8. The molecule has 1 saturated heterocycles. The molecule has 0 unspecified atom stereocenters. The number of amides is 2. The summed E-state index contributed by atoms with van der Waals surface area (Å²) in [5, 5.41) is 7.05. The van der Waals surface area contributed by atoms with Crippen molar-refractivity contribution >= 4 is 23.5 Å². The minimum absolute atomic E-state index is 0.0755. The summed E-state index contributed by atoms with van der Waals surface area (Å²) in [5.74, 6) is -0.864. The summed E-state index contributed by atoms with van der Waals surface area (Å²) in [6.45, 7) is 6.54. The number of aromatic nitrogens is 3. The molecule has 0 spiro atoms. The smallest absolute Gasteiger partial charge is 0.338 e. The second-order valence-electron chi connectivity index (χ2n) is 8.84. The number of para-hydroxylation sites is 1. The summed E-state index contributed by atoms with van der Waals surface area (Å²) in [6.07, 6.45) is 3.08. The first kappa shape index (κ1) is 25.1. The molecule has 0 saturated carbocycles. The van der Waals surface area contributed by atoms with Gasteiger partial charge in [-0.1, -0.05) is 30.3 Å². The minimum Gasteiger partial charge on any atom is -0.452 e. The van der Waals surface area contributed by atoms with Crippen molar-refractivity contribution in [2.75, 3.05) is 44.6 Å². The number of aryl methyl sites for hydroxylation is 2. The maximum Gasteiger partial charge on any atom is 0.338 e. The van der Waals surface area contributed by atoms with Crippen LogP contribution < -0.4 is 5.32 Å². The van der Waals surface area contributed by atoms with Crippen LogP contribution in [0.25, 0.3) is 0 Å². The Balaban J connectivity index is 1.18. The molecule has 1 aliphatic heterocycles. The fourth-order valence-corrected chi connectivity index (χ4v) is 4.10. The van der Waals surface area contributed by atoms with Gasteiger partial charge in [0.25, 0.3) is 5.91 Å². The predicted molar refractivity (Wildman–Crippen MR) is 133 cm³/mol. The molecule has 0 radical (unpaired) electrons. The van der Waals surface area contributed by atoms with Crippen LogP contribution in [0.15, 0.2) is 55.1 Å². The number of nitrogens with zero attached hydrogens (tertiary/aromatic N) is 5. The molecule has 2 aromatic carbocycles. The third-order valence-electron chi connectivity index (χ3n) is 6.17. The third kappa shape index (κ3) is 6.54. The monoisotopic (exact) mass is 490 g/mol. The molecule has 2 heterocycles. The second kappa shape index (κ2) is 11.6. The average Bonchev–Trinajstić information content (AvgIpc) is 3.39. The summed E-state index contributed by atoms with van der Waals surface area (Å²) in [7, 11) is 0. The summed E-state index contributed by atoms with van der Waals surface area (Å²) >= 11 is 0. The Kier molecular flexibility index (Phi) is 8.06. The van der Waals surface area contributed by atoms with E-state index in [0.29, 0.717) is 38.3 Å². The Morgan fingerprint density at radius 3 is 2.31 bits per heavy atom. The lowest BCUT2D eigenvalue weighted by Crippen LogP contribution is -2.51. The Bertz CT molecular complexity index is 1180. The maximum atomic E-state index is 12.5. The summed E-state index contributed by atoms with van der Waals surface area (Å²) in [5.41, 5.74) is 4.24. The number of hydrogen-bond donors (Lipinski definition) is 1. The van der Waals surface area contributed by atoms with Crippen molar-refractivity contribution in [3.63, 3.8) is 0 Å². The second-order valence-corrected chi connectivity index (χ2v) is 8.84. The molecule has 2 amide bonds. The van der Waals surface area contributed by atoms with E-state index < -0.39 is 5.97 Å². The zero-order valence-electron chi connectivity index (χ0n) is 20.5. The number of anilines is 1. The maximum absolute atomic E-state index is 12.5. The van der Waals surface area contributed by atoms with Gasteiger partial charge in [0.15, 0.2) is 6.61 Å². The molecule has 4 rings (SSSR count). The van der Waals surface area contributed by atoms with Crippen LogP contribution in [-0.4, -0.2) is 81.7 Å². The van der Waals surface area contributed by atoms with E-state index in [-0.39, 0.29) is 25.0 Å². The van der Waals surface area contributed by atoms with Crippen LogP contribution in [0.3, 0.4) is 0 Å². The highest BCUT2D eigenvalue weighted by molar-refractivity contribution is 5.94. The SMILES string of the molecule is Cc1cccc(C)c1NC(=O)CN1CCN(C(=O)COC(=O)c2ccc(Cn3cncn3)cc2)CC1. The van der Waals surface area contributed by atoms with E-state index >= 15 is 0 Å². The van der Waals surface area contributed by atoms with Crippen molar-refractivity contribution in [3.8, 4) is 0 Å². The first-order chi connectivity index (χ1) is 17.4. The fraction of sp³-hybridized carbons (Fsp3) is 0.346. The van der Waals surface area contributed by atoms with Crippen LogP contribution in [0, 0.1) is 13.8 Å². The van der Waals surface area contributed by atoms with Crippen molar-refractivity contribution in [2.24, 2.45) is 0 Å². The van der Waals surface area contributed by atoms with E-state index in [1.165, 1.54) is 6.33 Å². The van der Waals surface area contributed by atoms with E-state index in [0.717, 1.165) is 22.4 Å². The molecule has 3 aromatic rings. The summed E-state index contributed by atoms with van der Waals surface area (Å²) in [6, 6.07) is 12.9. The Morgan fingerprint density at radius 2 is 1.67 bits per heavy atom. The normalized spacial score (nSPS) is 13.9. The lowest BCUT2D eigenvalue weighted by atomic mass is 10.1. The lowest BCUT2D eigenvalue weighted by Gasteiger charge is -2.34. The third-order valence-corrected chi connectivity index (χ3v) is 6.17. The van der Waals surface area contributed by atoms with E-state index in [2.05, 4.69) is 15.4 Å². The van der Waals surface area contributed by atoms with Gasteiger partial charge >= 0.3 is 5.97 Å². The minimum atomic E-state index is -0.544. The highest BCUT2D eigenvalue weighted by Crippen LogP contribution is 2.19. The van der Waals surface area contributed by atoms with Gasteiger partial charge in [-0.3, -0.25) is 14.5 Å². The Labute approximate surface area is 209 Å². The largest absolute Gasteiger partial charge is 0.452 e. The number of carbonyl (C=O) groups is 3. The van der Waals surface area contributed by atoms with Crippen LogP contribution in [-0.2, 0) is 20.9 Å². The standard InChI is InChI=1S/C26H30N6O4/c1-19-4-3-5-20(2)25(19)29-23(33)15-30-10-12-31(13-11-30)24(34)16-36-26(35)22-8-6-21(7-9-22)14-32-18-27-17-28-32/h3-9,17-18H,10-16H2,1-2H3,(H,29,33). The van der Waals surface area contributed by atoms with Crippen LogP contribution in [0.5, 0.6) is 0 Å². The first-order valence-corrected chi connectivity index (χ1v) is 11.8. The molecule has 1 fully saturated rings. The van der Waals surface area contributed by atoms with Crippen molar-refractivity contribution in [2.45, 2.75) is 20.4 Å². The molecular formula is C26H30N6O4. The van der Waals surface area contributed by atoms with Crippen molar-refractivity contribution < 1.29 is 19.1 Å². The predicted octanol–water partition coefficient (Wildman–Crippen LogP) is 1.88. The number of esters is 1. The van der Waals surface area contributed by atoms with Gasteiger partial charge in [0.1, 0.15) is 12.7 Å². The Hall–Kier alpha value is -4.05. The number of hydrogen-bond acceptors (Lipinski definition) is 7. The highest BCUT2D eigenvalue weighted by Gasteiger charge is 2.23. The molecule has 188 valence electrons. The van der Waals surface area contributed by atoms with Gasteiger partial charge < -0.3 is 15.0 Å². The van der Waals surface area contributed by atoms with Gasteiger partial charge in [-0.15, -0.1) is 0 Å². The van der Waals surface area contributed by atoms with Gasteiger partial charge in [0, 0.05) is 31.9 Å². The van der Waals surface area contributed by atoms with E-state index in [1.807, 2.05) is 49.1 Å². The number of nitrogens with one attached hydrogen (secondary N) is 1. The number of benzene rings is 2. The molecule has 0 bridgehead atoms. The number of carbonyl (C=O) groups excluding carboxylic acids is 3. The average molecular weight is 491 g/mol. The molecule has 1 aromatic heterocycles. The summed E-state index contributed by atoms with van der Waals surface area (Å²) in [4.78, 5) is 45.0. The van der Waals surface area contributed by atoms with Crippen LogP contribution in [0.1, 0.15) is 27.0 Å². The highest BCUT2D eigenvalue weighted by atomic mass is 16.5. The van der Waals surface area contributed by atoms with Gasteiger partial charge in [0.05, 0.1) is 18.7 Å². The van der Waals surface area contributed by atoms with Gasteiger partial charge in [-0.2, -0.15) is 5.10 Å². The molecule has 36 heavy (non-hydrogen) atoms. The van der Waals surface area contributed by atoms with E-state index in [4.69, 9.17) is 4.74 Å². The van der Waals surface area contributed by atoms with Gasteiger partial charge in [0.2, 0.25) is 5.91 Å². The van der Waals surface area contributed by atoms with Crippen molar-refractivity contribution in [3.05, 3.63) is 77.4 Å². The zero-order chi connectivity index (χ0) is 25.5. The van der Waals surface area contributed by atoms with Crippen molar-refractivity contribution in [1.29, 1.82) is 0 Å². The van der Waals surface area contributed by atoms with Crippen LogP contribution in [0.4, 0.5) is 5.69 Å². The molecule has 10 nitrogen and oxygen atoms in total. The van der Waals surface area contributed by atoms with Crippen molar-refractivity contribution in [1.82, 2.24) is 24.6 Å². The number of piperazine rings is 1. The topological polar surface area (TPSA) is 110 Å².